The summed E-state index contributed by atoms with van der Waals surface area (Å²) in [4.78, 5) is 14.5. The van der Waals surface area contributed by atoms with Crippen molar-refractivity contribution >= 4 is 17.7 Å². The monoisotopic (exact) mass is 389 g/mol. The number of amides is 1. The molecular weight excluding hydrogens is 362 g/mol. The Hall–Kier alpha value is -1.83. The smallest absolute Gasteiger partial charge is 0.230 e. The number of hydrogen-bond acceptors (Lipinski definition) is 6. The molecule has 0 saturated carbocycles. The third kappa shape index (κ3) is 6.09. The SMILES string of the molecule is Cc1noc(C)c1CSCC(=O)NCc1ccc(CN2CCOCC2)cc1. The molecule has 0 bridgehead atoms. The van der Waals surface area contributed by atoms with Crippen LogP contribution in [0.4, 0.5) is 0 Å². The quantitative estimate of drug-likeness (QED) is 0.749. The Morgan fingerprint density at radius 2 is 1.89 bits per heavy atom. The zero-order valence-electron chi connectivity index (χ0n) is 16.0. The Kier molecular flexibility index (Phi) is 7.32. The maximum atomic E-state index is 12.1. The van der Waals surface area contributed by atoms with Crippen LogP contribution in [0.5, 0.6) is 0 Å². The van der Waals surface area contributed by atoms with Crippen molar-refractivity contribution in [1.29, 1.82) is 0 Å². The average molecular weight is 390 g/mol. The molecule has 2 heterocycles. The largest absolute Gasteiger partial charge is 0.379 e. The Balaban J connectivity index is 1.37. The topological polar surface area (TPSA) is 67.6 Å². The molecule has 0 unspecified atom stereocenters. The van der Waals surface area contributed by atoms with Crippen molar-refractivity contribution in [3.05, 3.63) is 52.4 Å². The summed E-state index contributed by atoms with van der Waals surface area (Å²) in [5, 5.41) is 6.92. The Labute approximate surface area is 164 Å². The van der Waals surface area contributed by atoms with Gasteiger partial charge in [-0.05, 0) is 25.0 Å². The molecule has 1 fully saturated rings. The number of carbonyl (C=O) groups is 1. The molecule has 1 aliphatic rings. The van der Waals surface area contributed by atoms with Crippen LogP contribution in [0.15, 0.2) is 28.8 Å². The van der Waals surface area contributed by atoms with Crippen LogP contribution in [0.3, 0.4) is 0 Å². The number of nitrogens with zero attached hydrogens (tertiary/aromatic N) is 2. The number of aromatic nitrogens is 1. The average Bonchev–Trinajstić information content (AvgIpc) is 3.00. The van der Waals surface area contributed by atoms with E-state index in [1.165, 1.54) is 5.56 Å². The van der Waals surface area contributed by atoms with E-state index in [0.717, 1.165) is 61.2 Å². The zero-order chi connectivity index (χ0) is 19.1. The van der Waals surface area contributed by atoms with Gasteiger partial charge in [0.1, 0.15) is 5.76 Å². The summed E-state index contributed by atoms with van der Waals surface area (Å²) in [6.45, 7) is 8.95. The molecule has 7 heteroatoms. The molecule has 0 atom stereocenters. The molecule has 0 spiro atoms. The molecular formula is C20H27N3O3S. The molecule has 1 N–H and O–H groups in total. The zero-order valence-corrected chi connectivity index (χ0v) is 16.8. The van der Waals surface area contributed by atoms with Crippen LogP contribution in [-0.4, -0.2) is 48.0 Å². The van der Waals surface area contributed by atoms with Crippen LogP contribution >= 0.6 is 11.8 Å². The minimum absolute atomic E-state index is 0.0455. The van der Waals surface area contributed by atoms with Gasteiger partial charge in [-0.1, -0.05) is 29.4 Å². The molecule has 146 valence electrons. The molecule has 1 saturated heterocycles. The number of carbonyl (C=O) groups excluding carboxylic acids is 1. The molecule has 2 aromatic rings. The van der Waals surface area contributed by atoms with E-state index in [1.807, 2.05) is 13.8 Å². The van der Waals surface area contributed by atoms with Crippen molar-refractivity contribution < 1.29 is 14.1 Å². The molecule has 6 nitrogen and oxygen atoms in total. The van der Waals surface area contributed by atoms with Gasteiger partial charge < -0.3 is 14.6 Å². The fourth-order valence-electron chi connectivity index (χ4n) is 2.99. The summed E-state index contributed by atoms with van der Waals surface area (Å²) in [6, 6.07) is 8.46. The first kappa shape index (κ1) is 19.9. The van der Waals surface area contributed by atoms with Crippen molar-refractivity contribution in [2.24, 2.45) is 0 Å². The highest BCUT2D eigenvalue weighted by Gasteiger charge is 2.11. The molecule has 0 radical (unpaired) electrons. The number of benzene rings is 1. The first-order valence-electron chi connectivity index (χ1n) is 9.26. The number of morpholine rings is 1. The summed E-state index contributed by atoms with van der Waals surface area (Å²) in [5.41, 5.74) is 4.40. The van der Waals surface area contributed by atoms with Crippen LogP contribution in [0, 0.1) is 13.8 Å². The van der Waals surface area contributed by atoms with Gasteiger partial charge in [-0.15, -0.1) is 11.8 Å². The first-order chi connectivity index (χ1) is 13.1. The van der Waals surface area contributed by atoms with Gasteiger partial charge in [0.05, 0.1) is 24.7 Å². The van der Waals surface area contributed by atoms with Crippen molar-refractivity contribution in [2.45, 2.75) is 32.7 Å². The van der Waals surface area contributed by atoms with E-state index in [2.05, 4.69) is 39.6 Å². The lowest BCUT2D eigenvalue weighted by atomic mass is 10.1. The van der Waals surface area contributed by atoms with Crippen molar-refractivity contribution in [1.82, 2.24) is 15.4 Å². The fourth-order valence-corrected chi connectivity index (χ4v) is 3.99. The summed E-state index contributed by atoms with van der Waals surface area (Å²) < 4.78 is 10.5. The van der Waals surface area contributed by atoms with E-state index < -0.39 is 0 Å². The van der Waals surface area contributed by atoms with Crippen LogP contribution in [-0.2, 0) is 28.4 Å². The predicted molar refractivity (Wildman–Crippen MR) is 107 cm³/mol. The minimum atomic E-state index is 0.0455. The van der Waals surface area contributed by atoms with Crippen molar-refractivity contribution in [3.8, 4) is 0 Å². The van der Waals surface area contributed by atoms with Gasteiger partial charge in [0, 0.05) is 37.5 Å². The van der Waals surface area contributed by atoms with E-state index in [1.54, 1.807) is 11.8 Å². The molecule has 1 aromatic heterocycles. The molecule has 1 amide bonds. The van der Waals surface area contributed by atoms with Gasteiger partial charge >= 0.3 is 0 Å². The Bertz CT molecular complexity index is 720. The number of aryl methyl sites for hydroxylation is 2. The molecule has 3 rings (SSSR count). The van der Waals surface area contributed by atoms with E-state index in [0.29, 0.717) is 12.3 Å². The van der Waals surface area contributed by atoms with Gasteiger partial charge in [-0.2, -0.15) is 0 Å². The fraction of sp³-hybridized carbons (Fsp3) is 0.500. The third-order valence-electron chi connectivity index (χ3n) is 4.68. The Morgan fingerprint density at radius 1 is 1.19 bits per heavy atom. The van der Waals surface area contributed by atoms with Gasteiger partial charge in [0.25, 0.3) is 0 Å². The van der Waals surface area contributed by atoms with E-state index >= 15 is 0 Å². The van der Waals surface area contributed by atoms with E-state index in [-0.39, 0.29) is 5.91 Å². The molecule has 27 heavy (non-hydrogen) atoms. The highest BCUT2D eigenvalue weighted by Crippen LogP contribution is 2.19. The summed E-state index contributed by atoms with van der Waals surface area (Å²) >= 11 is 1.58. The number of hydrogen-bond donors (Lipinski definition) is 1. The summed E-state index contributed by atoms with van der Waals surface area (Å²) in [5.74, 6) is 2.05. The predicted octanol–water partition coefficient (Wildman–Crippen LogP) is 2.67. The second-order valence-electron chi connectivity index (χ2n) is 6.78. The number of nitrogens with one attached hydrogen (secondary N) is 1. The number of thioether (sulfide) groups is 1. The molecule has 1 aliphatic heterocycles. The van der Waals surface area contributed by atoms with Gasteiger partial charge in [0.15, 0.2) is 0 Å². The third-order valence-corrected chi connectivity index (χ3v) is 5.64. The second kappa shape index (κ2) is 9.92. The van der Waals surface area contributed by atoms with Gasteiger partial charge in [0.2, 0.25) is 5.91 Å². The number of ether oxygens (including phenoxy) is 1. The second-order valence-corrected chi connectivity index (χ2v) is 7.76. The first-order valence-corrected chi connectivity index (χ1v) is 10.4. The lowest BCUT2D eigenvalue weighted by molar-refractivity contribution is -0.118. The number of rotatable bonds is 8. The maximum Gasteiger partial charge on any atom is 0.230 e. The summed E-state index contributed by atoms with van der Waals surface area (Å²) in [6.07, 6.45) is 0. The van der Waals surface area contributed by atoms with Crippen LogP contribution in [0.2, 0.25) is 0 Å². The normalized spacial score (nSPS) is 15.0. The van der Waals surface area contributed by atoms with Gasteiger partial charge in [-0.25, -0.2) is 0 Å². The van der Waals surface area contributed by atoms with E-state index in [4.69, 9.17) is 9.26 Å². The highest BCUT2D eigenvalue weighted by molar-refractivity contribution is 7.99. The maximum absolute atomic E-state index is 12.1. The van der Waals surface area contributed by atoms with Gasteiger partial charge in [-0.3, -0.25) is 9.69 Å². The van der Waals surface area contributed by atoms with E-state index in [9.17, 15) is 4.79 Å². The minimum Gasteiger partial charge on any atom is -0.379 e. The van der Waals surface area contributed by atoms with Crippen LogP contribution in [0.1, 0.15) is 28.1 Å². The highest BCUT2D eigenvalue weighted by atomic mass is 32.2. The van der Waals surface area contributed by atoms with Crippen LogP contribution < -0.4 is 5.32 Å². The lowest BCUT2D eigenvalue weighted by Gasteiger charge is -2.26. The standard InChI is InChI=1S/C20H27N3O3S/c1-15-19(16(2)26-22-15)13-27-14-20(24)21-11-17-3-5-18(6-4-17)12-23-7-9-25-10-8-23/h3-6H,7-14H2,1-2H3,(H,21,24). The lowest BCUT2D eigenvalue weighted by Crippen LogP contribution is -2.35. The summed E-state index contributed by atoms with van der Waals surface area (Å²) in [7, 11) is 0. The Morgan fingerprint density at radius 3 is 2.56 bits per heavy atom. The molecule has 0 aliphatic carbocycles. The van der Waals surface area contributed by atoms with Crippen molar-refractivity contribution in [3.63, 3.8) is 0 Å². The van der Waals surface area contributed by atoms with Crippen LogP contribution in [0.25, 0.3) is 0 Å². The van der Waals surface area contributed by atoms with Crippen molar-refractivity contribution in [2.75, 3.05) is 32.1 Å². The molecule has 1 aromatic carbocycles.